The standard InChI is InChI=1S/C26H36N6O2/c1-17(2)32-16-21-22(24(32)34)27-25(31-12-10-30(11-13-31)19(4)33)28-23(21)29-26(5,6)15-20-9-7-8-18(3)14-20/h7-9,14,16-17,34H,10-13,15H2,1-6H3,(H,27,28,29). The van der Waals surface area contributed by atoms with E-state index in [1.54, 1.807) is 6.92 Å². The number of anilines is 2. The minimum Gasteiger partial charge on any atom is -0.493 e. The Balaban J connectivity index is 1.70. The van der Waals surface area contributed by atoms with Crippen LogP contribution < -0.4 is 10.2 Å². The largest absolute Gasteiger partial charge is 0.493 e. The summed E-state index contributed by atoms with van der Waals surface area (Å²) in [6.07, 6.45) is 2.75. The molecule has 1 aliphatic rings. The molecule has 1 amide bonds. The van der Waals surface area contributed by atoms with E-state index >= 15 is 0 Å². The van der Waals surface area contributed by atoms with E-state index in [2.05, 4.69) is 55.3 Å². The van der Waals surface area contributed by atoms with Crippen molar-refractivity contribution in [1.82, 2.24) is 19.4 Å². The SMILES string of the molecule is CC(=O)N1CCN(c2nc(NC(C)(C)Cc3cccc(C)c3)c3cn(C(C)C)c(O)c3n2)CC1. The zero-order valence-electron chi connectivity index (χ0n) is 21.1. The molecule has 4 rings (SSSR count). The second-order valence-electron chi connectivity index (χ2n) is 10.3. The lowest BCUT2D eigenvalue weighted by atomic mass is 9.94. The molecule has 8 nitrogen and oxygen atoms in total. The molecule has 0 radical (unpaired) electrons. The van der Waals surface area contributed by atoms with Crippen molar-refractivity contribution in [3.05, 3.63) is 41.6 Å². The van der Waals surface area contributed by atoms with Gasteiger partial charge in [-0.1, -0.05) is 29.8 Å². The lowest BCUT2D eigenvalue weighted by Gasteiger charge is -2.34. The first kappa shape index (κ1) is 23.9. The van der Waals surface area contributed by atoms with Gasteiger partial charge in [0, 0.05) is 50.9 Å². The van der Waals surface area contributed by atoms with E-state index in [0.717, 1.165) is 11.8 Å². The second-order valence-corrected chi connectivity index (χ2v) is 10.3. The number of rotatable bonds is 6. The molecule has 0 bridgehead atoms. The predicted molar refractivity (Wildman–Crippen MR) is 137 cm³/mol. The van der Waals surface area contributed by atoms with Gasteiger partial charge in [-0.05, 0) is 46.6 Å². The van der Waals surface area contributed by atoms with Crippen LogP contribution in [-0.4, -0.2) is 62.2 Å². The summed E-state index contributed by atoms with van der Waals surface area (Å²) in [5, 5.41) is 15.4. The first-order chi connectivity index (χ1) is 16.0. The maximum Gasteiger partial charge on any atom is 0.228 e. The molecule has 0 aliphatic carbocycles. The Kier molecular flexibility index (Phi) is 6.43. The summed E-state index contributed by atoms with van der Waals surface area (Å²) < 4.78 is 1.83. The average molecular weight is 465 g/mol. The summed E-state index contributed by atoms with van der Waals surface area (Å²) >= 11 is 0. The Morgan fingerprint density at radius 2 is 1.88 bits per heavy atom. The molecule has 1 aromatic carbocycles. The van der Waals surface area contributed by atoms with E-state index in [1.807, 2.05) is 29.5 Å². The summed E-state index contributed by atoms with van der Waals surface area (Å²) in [4.78, 5) is 25.4. The van der Waals surface area contributed by atoms with Gasteiger partial charge in [-0.25, -0.2) is 4.98 Å². The van der Waals surface area contributed by atoms with Gasteiger partial charge in [-0.15, -0.1) is 0 Å². The number of aryl methyl sites for hydroxylation is 1. The Morgan fingerprint density at radius 1 is 1.18 bits per heavy atom. The van der Waals surface area contributed by atoms with Gasteiger partial charge in [0.1, 0.15) is 11.3 Å². The van der Waals surface area contributed by atoms with Crippen LogP contribution in [0.3, 0.4) is 0 Å². The van der Waals surface area contributed by atoms with E-state index in [-0.39, 0.29) is 23.4 Å². The number of fused-ring (bicyclic) bond motifs is 1. The summed E-state index contributed by atoms with van der Waals surface area (Å²) in [5.74, 6) is 1.52. The van der Waals surface area contributed by atoms with Gasteiger partial charge in [0.25, 0.3) is 0 Å². The number of benzene rings is 1. The molecule has 3 aromatic rings. The topological polar surface area (TPSA) is 86.5 Å². The number of amides is 1. The minimum absolute atomic E-state index is 0.0860. The molecule has 34 heavy (non-hydrogen) atoms. The molecule has 1 fully saturated rings. The number of carbonyl (C=O) groups is 1. The molecule has 2 N–H and O–H groups in total. The second kappa shape index (κ2) is 9.16. The molecule has 0 atom stereocenters. The van der Waals surface area contributed by atoms with Gasteiger partial charge in [-0.2, -0.15) is 4.98 Å². The van der Waals surface area contributed by atoms with Crippen molar-refractivity contribution in [2.24, 2.45) is 0 Å². The molecule has 1 aliphatic heterocycles. The highest BCUT2D eigenvalue weighted by molar-refractivity contribution is 5.94. The van der Waals surface area contributed by atoms with Gasteiger partial charge >= 0.3 is 0 Å². The average Bonchev–Trinajstić information content (AvgIpc) is 3.10. The summed E-state index contributed by atoms with van der Waals surface area (Å²) in [6, 6.07) is 8.63. The van der Waals surface area contributed by atoms with Crippen LogP contribution in [0.1, 0.15) is 51.8 Å². The number of nitrogens with zero attached hydrogens (tertiary/aromatic N) is 5. The van der Waals surface area contributed by atoms with Crippen molar-refractivity contribution < 1.29 is 9.90 Å². The highest BCUT2D eigenvalue weighted by Gasteiger charge is 2.26. The Hall–Kier alpha value is -3.29. The molecule has 8 heteroatoms. The van der Waals surface area contributed by atoms with Crippen molar-refractivity contribution in [1.29, 1.82) is 0 Å². The van der Waals surface area contributed by atoms with Crippen molar-refractivity contribution in [2.45, 2.75) is 59.5 Å². The molecule has 0 unspecified atom stereocenters. The Bertz CT molecular complexity index is 1190. The maximum absolute atomic E-state index is 11.7. The summed E-state index contributed by atoms with van der Waals surface area (Å²) in [7, 11) is 0. The number of carbonyl (C=O) groups excluding carboxylic acids is 1. The molecule has 182 valence electrons. The highest BCUT2D eigenvalue weighted by Crippen LogP contribution is 2.35. The van der Waals surface area contributed by atoms with Gasteiger partial charge in [-0.3, -0.25) is 4.79 Å². The molecule has 1 saturated heterocycles. The van der Waals surface area contributed by atoms with Gasteiger partial charge in [0.2, 0.25) is 17.7 Å². The molecule has 0 spiro atoms. The van der Waals surface area contributed by atoms with Crippen LogP contribution in [0.4, 0.5) is 11.8 Å². The lowest BCUT2D eigenvalue weighted by molar-refractivity contribution is -0.129. The van der Waals surface area contributed by atoms with Crippen LogP contribution in [0, 0.1) is 6.92 Å². The lowest BCUT2D eigenvalue weighted by Crippen LogP contribution is -2.48. The quantitative estimate of drug-likeness (QED) is 0.571. The fourth-order valence-corrected chi connectivity index (χ4v) is 4.62. The van der Waals surface area contributed by atoms with Crippen LogP contribution in [-0.2, 0) is 11.2 Å². The van der Waals surface area contributed by atoms with Crippen molar-refractivity contribution in [3.8, 4) is 5.88 Å². The number of aromatic hydroxyl groups is 1. The third kappa shape index (κ3) is 4.95. The monoisotopic (exact) mass is 464 g/mol. The number of nitrogens with one attached hydrogen (secondary N) is 1. The number of hydrogen-bond acceptors (Lipinski definition) is 6. The molecular formula is C26H36N6O2. The third-order valence-corrected chi connectivity index (χ3v) is 6.41. The first-order valence-electron chi connectivity index (χ1n) is 12.0. The number of piperazine rings is 1. The van der Waals surface area contributed by atoms with Gasteiger partial charge in [0.05, 0.1) is 5.39 Å². The smallest absolute Gasteiger partial charge is 0.228 e. The number of aromatic nitrogens is 3. The third-order valence-electron chi connectivity index (χ3n) is 6.41. The first-order valence-corrected chi connectivity index (χ1v) is 12.0. The van der Waals surface area contributed by atoms with Crippen molar-refractivity contribution in [2.75, 3.05) is 36.4 Å². The van der Waals surface area contributed by atoms with E-state index in [4.69, 9.17) is 9.97 Å². The van der Waals surface area contributed by atoms with Gasteiger partial charge < -0.3 is 24.8 Å². The molecule has 2 aromatic heterocycles. The summed E-state index contributed by atoms with van der Waals surface area (Å²) in [5.41, 5.74) is 2.76. The maximum atomic E-state index is 11.7. The zero-order valence-corrected chi connectivity index (χ0v) is 21.1. The fourth-order valence-electron chi connectivity index (χ4n) is 4.62. The van der Waals surface area contributed by atoms with Crippen molar-refractivity contribution >= 4 is 28.6 Å². The predicted octanol–water partition coefficient (Wildman–Crippen LogP) is 4.13. The molecule has 0 saturated carbocycles. The number of hydrogen-bond donors (Lipinski definition) is 2. The van der Waals surface area contributed by atoms with Crippen LogP contribution in [0.5, 0.6) is 5.88 Å². The van der Waals surface area contributed by atoms with Gasteiger partial charge in [0.15, 0.2) is 0 Å². The van der Waals surface area contributed by atoms with Crippen LogP contribution >= 0.6 is 0 Å². The highest BCUT2D eigenvalue weighted by atomic mass is 16.3. The molecular weight excluding hydrogens is 428 g/mol. The van der Waals surface area contributed by atoms with Crippen molar-refractivity contribution in [3.63, 3.8) is 0 Å². The summed E-state index contributed by atoms with van der Waals surface area (Å²) in [6.45, 7) is 14.7. The van der Waals surface area contributed by atoms with E-state index < -0.39 is 0 Å². The van der Waals surface area contributed by atoms with E-state index in [1.165, 1.54) is 11.1 Å². The zero-order chi connectivity index (χ0) is 24.6. The Labute approximate surface area is 201 Å². The Morgan fingerprint density at radius 3 is 2.50 bits per heavy atom. The minimum atomic E-state index is -0.283. The van der Waals surface area contributed by atoms with E-state index in [9.17, 15) is 9.90 Å². The van der Waals surface area contributed by atoms with E-state index in [0.29, 0.717) is 43.5 Å². The normalized spacial score (nSPS) is 14.8. The van der Waals surface area contributed by atoms with Crippen LogP contribution in [0.15, 0.2) is 30.5 Å². The molecule has 3 heterocycles. The van der Waals surface area contributed by atoms with Crippen LogP contribution in [0.2, 0.25) is 0 Å². The fraction of sp³-hybridized carbons (Fsp3) is 0.500. The van der Waals surface area contributed by atoms with Crippen LogP contribution in [0.25, 0.3) is 10.9 Å².